The molecule has 1 amide bonds. The first-order valence-electron chi connectivity index (χ1n) is 7.89. The van der Waals surface area contributed by atoms with Crippen molar-refractivity contribution in [3.05, 3.63) is 83.8 Å². The van der Waals surface area contributed by atoms with Crippen molar-refractivity contribution in [2.45, 2.75) is 19.9 Å². The molecule has 4 nitrogen and oxygen atoms in total. The van der Waals surface area contributed by atoms with Crippen molar-refractivity contribution in [1.29, 1.82) is 0 Å². The lowest BCUT2D eigenvalue weighted by Gasteiger charge is -2.10. The van der Waals surface area contributed by atoms with Gasteiger partial charge in [0.2, 0.25) is 5.91 Å². The van der Waals surface area contributed by atoms with Gasteiger partial charge in [-0.1, -0.05) is 35.9 Å². The van der Waals surface area contributed by atoms with Gasteiger partial charge in [0.1, 0.15) is 0 Å². The molecular formula is C20H19N3O. The molecule has 1 aromatic carbocycles. The maximum absolute atomic E-state index is 12.2. The van der Waals surface area contributed by atoms with Gasteiger partial charge < -0.3 is 5.32 Å². The second-order valence-corrected chi connectivity index (χ2v) is 5.69. The molecule has 0 unspecified atom stereocenters. The Kier molecular flexibility index (Phi) is 4.96. The van der Waals surface area contributed by atoms with Crippen molar-refractivity contribution in [3.8, 4) is 11.3 Å². The van der Waals surface area contributed by atoms with E-state index in [-0.39, 0.29) is 5.91 Å². The average Bonchev–Trinajstić information content (AvgIpc) is 2.61. The summed E-state index contributed by atoms with van der Waals surface area (Å²) in [6, 6.07) is 15.7. The largest absolute Gasteiger partial charge is 0.352 e. The number of carbonyl (C=O) groups excluding carboxylic acids is 1. The lowest BCUT2D eigenvalue weighted by Crippen LogP contribution is -2.25. The second-order valence-electron chi connectivity index (χ2n) is 5.69. The van der Waals surface area contributed by atoms with Crippen LogP contribution in [0.4, 0.5) is 0 Å². The molecule has 0 atom stereocenters. The van der Waals surface area contributed by atoms with E-state index in [4.69, 9.17) is 0 Å². The van der Waals surface area contributed by atoms with Gasteiger partial charge in [-0.2, -0.15) is 0 Å². The first-order chi connectivity index (χ1) is 11.7. The normalized spacial score (nSPS) is 10.4. The monoisotopic (exact) mass is 317 g/mol. The average molecular weight is 317 g/mol. The van der Waals surface area contributed by atoms with Crippen molar-refractivity contribution in [3.63, 3.8) is 0 Å². The van der Waals surface area contributed by atoms with E-state index in [0.717, 1.165) is 27.9 Å². The number of aromatic nitrogens is 2. The predicted molar refractivity (Wildman–Crippen MR) is 94.2 cm³/mol. The van der Waals surface area contributed by atoms with Crippen molar-refractivity contribution in [2.24, 2.45) is 0 Å². The molecule has 0 aliphatic rings. The molecule has 24 heavy (non-hydrogen) atoms. The fraction of sp³-hybridized carbons (Fsp3) is 0.150. The number of nitrogens with one attached hydrogen (secondary N) is 1. The van der Waals surface area contributed by atoms with Gasteiger partial charge in [0.25, 0.3) is 0 Å². The minimum atomic E-state index is 0.00475. The van der Waals surface area contributed by atoms with Crippen molar-refractivity contribution < 1.29 is 4.79 Å². The number of benzene rings is 1. The van der Waals surface area contributed by atoms with Crippen molar-refractivity contribution in [2.75, 3.05) is 0 Å². The number of aryl methyl sites for hydroxylation is 1. The Morgan fingerprint density at radius 3 is 2.67 bits per heavy atom. The number of hydrogen-bond donors (Lipinski definition) is 1. The second kappa shape index (κ2) is 7.51. The molecule has 3 aromatic rings. The first-order valence-corrected chi connectivity index (χ1v) is 7.89. The van der Waals surface area contributed by atoms with E-state index < -0.39 is 0 Å². The first kappa shape index (κ1) is 15.9. The molecule has 4 heteroatoms. The fourth-order valence-corrected chi connectivity index (χ4v) is 2.61. The molecule has 0 spiro atoms. The summed E-state index contributed by atoms with van der Waals surface area (Å²) in [5, 5.41) is 2.98. The molecule has 1 N–H and O–H groups in total. The standard InChI is InChI=1S/C20H19N3O/c1-15-4-2-5-16(12-15)13-19(24)23-14-18-6-3-9-22-20(18)17-7-10-21-11-8-17/h2-12H,13-14H2,1H3,(H,23,24). The zero-order chi connectivity index (χ0) is 16.8. The van der Waals surface area contributed by atoms with Crippen LogP contribution >= 0.6 is 0 Å². The number of nitrogens with zero attached hydrogens (tertiary/aromatic N) is 2. The third kappa shape index (κ3) is 4.04. The van der Waals surface area contributed by atoms with E-state index in [1.165, 1.54) is 0 Å². The van der Waals surface area contributed by atoms with Gasteiger partial charge in [-0.05, 0) is 36.2 Å². The molecule has 0 saturated carbocycles. The summed E-state index contributed by atoms with van der Waals surface area (Å²) < 4.78 is 0. The van der Waals surface area contributed by atoms with Crippen LogP contribution in [0.1, 0.15) is 16.7 Å². The third-order valence-corrected chi connectivity index (χ3v) is 3.77. The zero-order valence-corrected chi connectivity index (χ0v) is 13.6. The van der Waals surface area contributed by atoms with Crippen LogP contribution in [0.25, 0.3) is 11.3 Å². The molecule has 0 saturated heterocycles. The highest BCUT2D eigenvalue weighted by Crippen LogP contribution is 2.20. The fourth-order valence-electron chi connectivity index (χ4n) is 2.61. The smallest absolute Gasteiger partial charge is 0.224 e. The summed E-state index contributed by atoms with van der Waals surface area (Å²) in [6.07, 6.45) is 5.62. The van der Waals surface area contributed by atoms with Crippen LogP contribution in [0.2, 0.25) is 0 Å². The highest BCUT2D eigenvalue weighted by Gasteiger charge is 2.08. The van der Waals surface area contributed by atoms with Crippen LogP contribution in [-0.2, 0) is 17.8 Å². The quantitative estimate of drug-likeness (QED) is 0.785. The Morgan fingerprint density at radius 2 is 1.88 bits per heavy atom. The minimum absolute atomic E-state index is 0.00475. The van der Waals surface area contributed by atoms with Crippen LogP contribution in [0.3, 0.4) is 0 Å². The predicted octanol–water partition coefficient (Wildman–Crippen LogP) is 3.31. The van der Waals surface area contributed by atoms with Crippen molar-refractivity contribution in [1.82, 2.24) is 15.3 Å². The van der Waals surface area contributed by atoms with Crippen LogP contribution in [0.5, 0.6) is 0 Å². The van der Waals surface area contributed by atoms with Crippen molar-refractivity contribution >= 4 is 5.91 Å². The van der Waals surface area contributed by atoms with E-state index in [2.05, 4.69) is 15.3 Å². The third-order valence-electron chi connectivity index (χ3n) is 3.77. The highest BCUT2D eigenvalue weighted by molar-refractivity contribution is 5.78. The zero-order valence-electron chi connectivity index (χ0n) is 13.6. The van der Waals surface area contributed by atoms with E-state index in [0.29, 0.717) is 13.0 Å². The van der Waals surface area contributed by atoms with E-state index >= 15 is 0 Å². The van der Waals surface area contributed by atoms with Crippen LogP contribution in [-0.4, -0.2) is 15.9 Å². The Hall–Kier alpha value is -3.01. The summed E-state index contributed by atoms with van der Waals surface area (Å²) in [7, 11) is 0. The van der Waals surface area contributed by atoms with Gasteiger partial charge in [0.05, 0.1) is 12.1 Å². The molecule has 3 rings (SSSR count). The Morgan fingerprint density at radius 1 is 1.04 bits per heavy atom. The highest BCUT2D eigenvalue weighted by atomic mass is 16.1. The van der Waals surface area contributed by atoms with Crippen LogP contribution < -0.4 is 5.32 Å². The Bertz CT molecular complexity index is 831. The molecule has 0 aliphatic carbocycles. The maximum Gasteiger partial charge on any atom is 0.224 e. The summed E-state index contributed by atoms with van der Waals surface area (Å²) in [5.74, 6) is 0.00475. The number of hydrogen-bond acceptors (Lipinski definition) is 3. The van der Waals surface area contributed by atoms with Gasteiger partial charge in [-0.25, -0.2) is 0 Å². The lowest BCUT2D eigenvalue weighted by atomic mass is 10.1. The van der Waals surface area contributed by atoms with Gasteiger partial charge in [-0.3, -0.25) is 14.8 Å². The van der Waals surface area contributed by atoms with Gasteiger partial charge in [-0.15, -0.1) is 0 Å². The molecule has 0 aliphatic heterocycles. The molecule has 0 bridgehead atoms. The molecule has 2 aromatic heterocycles. The van der Waals surface area contributed by atoms with E-state index in [1.807, 2.05) is 55.5 Å². The lowest BCUT2D eigenvalue weighted by molar-refractivity contribution is -0.120. The molecule has 120 valence electrons. The van der Waals surface area contributed by atoms with Crippen LogP contribution in [0, 0.1) is 6.92 Å². The molecule has 2 heterocycles. The molecule has 0 radical (unpaired) electrons. The topological polar surface area (TPSA) is 54.9 Å². The minimum Gasteiger partial charge on any atom is -0.352 e. The molecule has 0 fully saturated rings. The number of amides is 1. The number of carbonyl (C=O) groups is 1. The van der Waals surface area contributed by atoms with Gasteiger partial charge in [0.15, 0.2) is 0 Å². The van der Waals surface area contributed by atoms with Gasteiger partial charge >= 0.3 is 0 Å². The maximum atomic E-state index is 12.2. The SMILES string of the molecule is Cc1cccc(CC(=O)NCc2cccnc2-c2ccncc2)c1. The van der Waals surface area contributed by atoms with Gasteiger partial charge in [0, 0.05) is 30.7 Å². The summed E-state index contributed by atoms with van der Waals surface area (Å²) >= 11 is 0. The van der Waals surface area contributed by atoms with Crippen LogP contribution in [0.15, 0.2) is 67.1 Å². The summed E-state index contributed by atoms with van der Waals surface area (Å²) in [5.41, 5.74) is 5.03. The molecular weight excluding hydrogens is 298 g/mol. The summed E-state index contributed by atoms with van der Waals surface area (Å²) in [4.78, 5) is 20.7. The number of rotatable bonds is 5. The van der Waals surface area contributed by atoms with E-state index in [1.54, 1.807) is 18.6 Å². The van der Waals surface area contributed by atoms with E-state index in [9.17, 15) is 4.79 Å². The Balaban J connectivity index is 1.68. The summed E-state index contributed by atoms with van der Waals surface area (Å²) in [6.45, 7) is 2.48. The number of pyridine rings is 2. The Labute approximate surface area is 141 Å².